The molecular weight excluding hydrogens is 178 g/mol. The van der Waals surface area contributed by atoms with Gasteiger partial charge in [0.25, 0.3) is 5.91 Å². The summed E-state index contributed by atoms with van der Waals surface area (Å²) in [5, 5.41) is 2.58. The minimum absolute atomic E-state index is 0.124. The van der Waals surface area contributed by atoms with Crippen molar-refractivity contribution in [1.82, 2.24) is 5.32 Å². The van der Waals surface area contributed by atoms with Crippen LogP contribution in [0.5, 0.6) is 0 Å². The second kappa shape index (κ2) is 4.00. The monoisotopic (exact) mass is 193 g/mol. The number of carbonyl (C=O) groups excluding carboxylic acids is 1. The largest absolute Gasteiger partial charge is 0.399 e. The molecule has 1 aromatic carbocycles. The maximum atomic E-state index is 11.5. The predicted octanol–water partition coefficient (Wildman–Crippen LogP) is 0.694. The summed E-state index contributed by atoms with van der Waals surface area (Å²) in [6.45, 7) is 0. The van der Waals surface area contributed by atoms with E-state index in [4.69, 9.17) is 5.73 Å². The highest BCUT2D eigenvalue weighted by atomic mass is 16.1. The van der Waals surface area contributed by atoms with E-state index in [-0.39, 0.29) is 5.91 Å². The Kier molecular flexibility index (Phi) is 2.96. The third-order valence-electron chi connectivity index (χ3n) is 1.97. The number of anilines is 2. The van der Waals surface area contributed by atoms with Crippen molar-refractivity contribution in [3.05, 3.63) is 23.8 Å². The average Bonchev–Trinajstić information content (AvgIpc) is 2.16. The molecule has 0 aromatic heterocycles. The SMILES string of the molecule is CNC(=O)c1cc(N)ccc1N(C)C. The first-order valence-corrected chi connectivity index (χ1v) is 4.35. The van der Waals surface area contributed by atoms with Crippen molar-refractivity contribution < 1.29 is 4.79 Å². The lowest BCUT2D eigenvalue weighted by Gasteiger charge is -2.16. The van der Waals surface area contributed by atoms with E-state index >= 15 is 0 Å². The fraction of sp³-hybridized carbons (Fsp3) is 0.300. The Hall–Kier alpha value is -1.71. The van der Waals surface area contributed by atoms with Crippen LogP contribution in [0.3, 0.4) is 0 Å². The fourth-order valence-corrected chi connectivity index (χ4v) is 1.26. The number of hydrogen-bond acceptors (Lipinski definition) is 3. The fourth-order valence-electron chi connectivity index (χ4n) is 1.26. The minimum atomic E-state index is -0.124. The van der Waals surface area contributed by atoms with Crippen LogP contribution in [0.15, 0.2) is 18.2 Å². The van der Waals surface area contributed by atoms with Crippen LogP contribution < -0.4 is 16.0 Å². The second-order valence-corrected chi connectivity index (χ2v) is 3.25. The summed E-state index contributed by atoms with van der Waals surface area (Å²) < 4.78 is 0. The number of rotatable bonds is 2. The number of amides is 1. The van der Waals surface area contributed by atoms with Crippen LogP contribution in [0.25, 0.3) is 0 Å². The topological polar surface area (TPSA) is 58.4 Å². The summed E-state index contributed by atoms with van der Waals surface area (Å²) in [6.07, 6.45) is 0. The number of nitrogen functional groups attached to an aromatic ring is 1. The number of nitrogens with one attached hydrogen (secondary N) is 1. The number of carbonyl (C=O) groups is 1. The summed E-state index contributed by atoms with van der Waals surface area (Å²) in [4.78, 5) is 13.4. The van der Waals surface area contributed by atoms with E-state index in [0.29, 0.717) is 11.3 Å². The second-order valence-electron chi connectivity index (χ2n) is 3.25. The molecule has 0 atom stereocenters. The maximum absolute atomic E-state index is 11.5. The van der Waals surface area contributed by atoms with Crippen molar-refractivity contribution in [3.8, 4) is 0 Å². The lowest BCUT2D eigenvalue weighted by Crippen LogP contribution is -2.22. The minimum Gasteiger partial charge on any atom is -0.399 e. The number of nitrogens with zero attached hydrogens (tertiary/aromatic N) is 1. The van der Waals surface area contributed by atoms with Gasteiger partial charge in [0.15, 0.2) is 0 Å². The molecule has 4 heteroatoms. The molecule has 0 fully saturated rings. The Balaban J connectivity index is 3.22. The lowest BCUT2D eigenvalue weighted by molar-refractivity contribution is 0.0963. The zero-order valence-electron chi connectivity index (χ0n) is 8.66. The molecular formula is C10H15N3O. The first kappa shape index (κ1) is 10.4. The molecule has 0 aliphatic rings. The predicted molar refractivity (Wildman–Crippen MR) is 58.6 cm³/mol. The van der Waals surface area contributed by atoms with Crippen LogP contribution in [0.2, 0.25) is 0 Å². The van der Waals surface area contributed by atoms with Crippen LogP contribution in [-0.2, 0) is 0 Å². The highest BCUT2D eigenvalue weighted by Crippen LogP contribution is 2.20. The summed E-state index contributed by atoms with van der Waals surface area (Å²) in [7, 11) is 5.38. The van der Waals surface area contributed by atoms with Gasteiger partial charge in [-0.15, -0.1) is 0 Å². The maximum Gasteiger partial charge on any atom is 0.253 e. The molecule has 0 radical (unpaired) electrons. The van der Waals surface area contributed by atoms with Gasteiger partial charge in [0.05, 0.1) is 5.56 Å². The van der Waals surface area contributed by atoms with Crippen LogP contribution in [0.4, 0.5) is 11.4 Å². The molecule has 0 aliphatic carbocycles. The summed E-state index contributed by atoms with van der Waals surface area (Å²) >= 11 is 0. The van der Waals surface area contributed by atoms with Crippen LogP contribution in [0, 0.1) is 0 Å². The van der Waals surface area contributed by atoms with Gasteiger partial charge in [0.1, 0.15) is 0 Å². The van der Waals surface area contributed by atoms with Crippen LogP contribution >= 0.6 is 0 Å². The van der Waals surface area contributed by atoms with Gasteiger partial charge in [0.2, 0.25) is 0 Å². The van der Waals surface area contributed by atoms with Gasteiger partial charge in [-0.3, -0.25) is 4.79 Å². The molecule has 0 bridgehead atoms. The molecule has 14 heavy (non-hydrogen) atoms. The molecule has 0 heterocycles. The van der Waals surface area contributed by atoms with Crippen LogP contribution in [-0.4, -0.2) is 27.1 Å². The molecule has 4 nitrogen and oxygen atoms in total. The van der Waals surface area contributed by atoms with Crippen molar-refractivity contribution in [3.63, 3.8) is 0 Å². The number of benzene rings is 1. The van der Waals surface area contributed by atoms with Crippen molar-refractivity contribution in [2.75, 3.05) is 31.8 Å². The first-order chi connectivity index (χ1) is 6.56. The van der Waals surface area contributed by atoms with Gasteiger partial charge in [-0.2, -0.15) is 0 Å². The summed E-state index contributed by atoms with van der Waals surface area (Å²) in [5.41, 5.74) is 7.67. The normalized spacial score (nSPS) is 9.64. The Morgan fingerprint density at radius 3 is 2.57 bits per heavy atom. The van der Waals surface area contributed by atoms with E-state index < -0.39 is 0 Å². The van der Waals surface area contributed by atoms with Crippen molar-refractivity contribution in [2.45, 2.75) is 0 Å². The average molecular weight is 193 g/mol. The molecule has 1 aromatic rings. The van der Waals surface area contributed by atoms with Gasteiger partial charge >= 0.3 is 0 Å². The van der Waals surface area contributed by atoms with E-state index in [1.54, 1.807) is 19.2 Å². The van der Waals surface area contributed by atoms with E-state index in [9.17, 15) is 4.79 Å². The van der Waals surface area contributed by atoms with Gasteiger partial charge in [0, 0.05) is 32.5 Å². The lowest BCUT2D eigenvalue weighted by atomic mass is 10.1. The smallest absolute Gasteiger partial charge is 0.253 e. The molecule has 0 aliphatic heterocycles. The summed E-state index contributed by atoms with van der Waals surface area (Å²) in [6, 6.07) is 5.29. The molecule has 0 saturated carbocycles. The highest BCUT2D eigenvalue weighted by Gasteiger charge is 2.11. The van der Waals surface area contributed by atoms with E-state index in [1.807, 2.05) is 25.1 Å². The molecule has 1 amide bonds. The van der Waals surface area contributed by atoms with Gasteiger partial charge in [-0.1, -0.05) is 0 Å². The van der Waals surface area contributed by atoms with Crippen molar-refractivity contribution in [2.24, 2.45) is 0 Å². The van der Waals surface area contributed by atoms with E-state index in [1.165, 1.54) is 0 Å². The molecule has 76 valence electrons. The van der Waals surface area contributed by atoms with E-state index in [2.05, 4.69) is 5.32 Å². The van der Waals surface area contributed by atoms with E-state index in [0.717, 1.165) is 5.69 Å². The Labute approximate surface area is 83.7 Å². The van der Waals surface area contributed by atoms with Crippen LogP contribution in [0.1, 0.15) is 10.4 Å². The standard InChI is InChI=1S/C10H15N3O/c1-12-10(14)8-6-7(11)4-5-9(8)13(2)3/h4-6H,11H2,1-3H3,(H,12,14). The summed E-state index contributed by atoms with van der Waals surface area (Å²) in [5.74, 6) is -0.124. The molecule has 0 unspecified atom stereocenters. The van der Waals surface area contributed by atoms with Gasteiger partial charge in [-0.05, 0) is 18.2 Å². The first-order valence-electron chi connectivity index (χ1n) is 4.35. The third-order valence-corrected chi connectivity index (χ3v) is 1.97. The number of nitrogens with two attached hydrogens (primary N) is 1. The molecule has 0 spiro atoms. The Bertz CT molecular complexity index is 347. The van der Waals surface area contributed by atoms with Crippen molar-refractivity contribution >= 4 is 17.3 Å². The Morgan fingerprint density at radius 1 is 1.43 bits per heavy atom. The third kappa shape index (κ3) is 1.96. The van der Waals surface area contributed by atoms with Gasteiger partial charge < -0.3 is 16.0 Å². The quantitative estimate of drug-likeness (QED) is 0.679. The Morgan fingerprint density at radius 2 is 2.07 bits per heavy atom. The zero-order chi connectivity index (χ0) is 10.7. The van der Waals surface area contributed by atoms with Crippen molar-refractivity contribution in [1.29, 1.82) is 0 Å². The van der Waals surface area contributed by atoms with Gasteiger partial charge in [-0.25, -0.2) is 0 Å². The highest BCUT2D eigenvalue weighted by molar-refractivity contribution is 6.00. The zero-order valence-corrected chi connectivity index (χ0v) is 8.66. The molecule has 1 rings (SSSR count). The molecule has 0 saturated heterocycles. The number of hydrogen-bond donors (Lipinski definition) is 2. The molecule has 3 N–H and O–H groups in total.